The van der Waals surface area contributed by atoms with Gasteiger partial charge in [0.2, 0.25) is 15.9 Å². The molecule has 2 heterocycles. The van der Waals surface area contributed by atoms with Gasteiger partial charge in [-0.1, -0.05) is 30.3 Å². The summed E-state index contributed by atoms with van der Waals surface area (Å²) in [7, 11) is -3.48. The standard InChI is InChI=1S/C20H29N3O4S/c1-17-14-21(15-18(2)27-17)16-20(24)22-9-11-23(12-10-22)28(25,26)13-8-19-6-4-3-5-7-19/h3-8,13,17-18H,9-12,14-16H2,1-2H3/b13-8+/t17-,18-/m1/s1. The van der Waals surface area contributed by atoms with Crippen molar-refractivity contribution in [1.29, 1.82) is 0 Å². The van der Waals surface area contributed by atoms with E-state index in [1.807, 2.05) is 44.2 Å². The zero-order valence-corrected chi connectivity index (χ0v) is 17.3. The summed E-state index contributed by atoms with van der Waals surface area (Å²) in [6.07, 6.45) is 1.85. The largest absolute Gasteiger partial charge is 0.373 e. The van der Waals surface area contributed by atoms with Crippen molar-refractivity contribution in [3.8, 4) is 0 Å². The van der Waals surface area contributed by atoms with E-state index in [0.29, 0.717) is 32.7 Å². The van der Waals surface area contributed by atoms with E-state index in [1.165, 1.54) is 9.71 Å². The summed E-state index contributed by atoms with van der Waals surface area (Å²) in [5.74, 6) is 0.0539. The molecule has 0 unspecified atom stereocenters. The quantitative estimate of drug-likeness (QED) is 0.735. The molecular weight excluding hydrogens is 378 g/mol. The molecule has 2 aliphatic heterocycles. The highest BCUT2D eigenvalue weighted by atomic mass is 32.2. The Bertz CT molecular complexity index is 779. The third-order valence-corrected chi connectivity index (χ3v) is 6.60. The number of hydrogen-bond donors (Lipinski definition) is 0. The van der Waals surface area contributed by atoms with Crippen LogP contribution in [0.3, 0.4) is 0 Å². The fraction of sp³-hybridized carbons (Fsp3) is 0.550. The second kappa shape index (κ2) is 9.17. The Kier molecular flexibility index (Phi) is 6.87. The Labute approximate surface area is 167 Å². The van der Waals surface area contributed by atoms with E-state index in [9.17, 15) is 13.2 Å². The number of rotatable bonds is 5. The van der Waals surface area contributed by atoms with E-state index in [2.05, 4.69) is 4.90 Å². The van der Waals surface area contributed by atoms with Gasteiger partial charge in [0, 0.05) is 44.7 Å². The van der Waals surface area contributed by atoms with Crippen molar-refractivity contribution in [3.63, 3.8) is 0 Å². The lowest BCUT2D eigenvalue weighted by molar-refractivity contribution is -0.137. The Hall–Kier alpha value is -1.74. The SMILES string of the molecule is C[C@@H]1CN(CC(=O)N2CCN(S(=O)(=O)/C=C/c3ccccc3)CC2)C[C@@H](C)O1. The molecule has 1 aromatic rings. The van der Waals surface area contributed by atoms with Gasteiger partial charge in [0.25, 0.3) is 0 Å². The number of sulfonamides is 1. The van der Waals surface area contributed by atoms with Crippen molar-refractivity contribution in [3.05, 3.63) is 41.3 Å². The highest BCUT2D eigenvalue weighted by molar-refractivity contribution is 7.92. The number of ether oxygens (including phenoxy) is 1. The number of carbonyl (C=O) groups is 1. The Morgan fingerprint density at radius 3 is 2.29 bits per heavy atom. The second-order valence-electron chi connectivity index (χ2n) is 7.49. The maximum atomic E-state index is 12.6. The number of carbonyl (C=O) groups excluding carboxylic acids is 1. The van der Waals surface area contributed by atoms with Crippen molar-refractivity contribution in [2.24, 2.45) is 0 Å². The summed E-state index contributed by atoms with van der Waals surface area (Å²) in [5, 5.41) is 1.25. The first kappa shape index (κ1) is 21.0. The molecule has 0 N–H and O–H groups in total. The lowest BCUT2D eigenvalue weighted by Gasteiger charge is -2.38. The van der Waals surface area contributed by atoms with Gasteiger partial charge >= 0.3 is 0 Å². The van der Waals surface area contributed by atoms with Crippen molar-refractivity contribution in [1.82, 2.24) is 14.1 Å². The molecule has 154 valence electrons. The third-order valence-electron chi connectivity index (χ3n) is 5.04. The van der Waals surface area contributed by atoms with Crippen molar-refractivity contribution in [2.45, 2.75) is 26.1 Å². The van der Waals surface area contributed by atoms with Gasteiger partial charge in [-0.05, 0) is 25.5 Å². The van der Waals surface area contributed by atoms with E-state index < -0.39 is 10.0 Å². The van der Waals surface area contributed by atoms with Crippen LogP contribution in [0.25, 0.3) is 6.08 Å². The van der Waals surface area contributed by atoms with Crippen molar-refractivity contribution >= 4 is 22.0 Å². The van der Waals surface area contributed by atoms with E-state index in [-0.39, 0.29) is 18.1 Å². The van der Waals surface area contributed by atoms with Crippen LogP contribution in [0.5, 0.6) is 0 Å². The Morgan fingerprint density at radius 2 is 1.68 bits per heavy atom. The summed E-state index contributed by atoms with van der Waals surface area (Å²) in [6.45, 7) is 7.37. The van der Waals surface area contributed by atoms with Crippen LogP contribution >= 0.6 is 0 Å². The zero-order chi connectivity index (χ0) is 20.1. The normalized spacial score (nSPS) is 25.3. The van der Waals surface area contributed by atoms with Crippen LogP contribution < -0.4 is 0 Å². The van der Waals surface area contributed by atoms with Crippen LogP contribution in [0.4, 0.5) is 0 Å². The van der Waals surface area contributed by atoms with Crippen LogP contribution in [0.1, 0.15) is 19.4 Å². The third kappa shape index (κ3) is 5.64. The number of amides is 1. The first-order valence-corrected chi connectivity index (χ1v) is 11.2. The molecule has 2 fully saturated rings. The van der Waals surface area contributed by atoms with Gasteiger partial charge < -0.3 is 9.64 Å². The molecule has 1 aromatic carbocycles. The number of piperazine rings is 1. The van der Waals surface area contributed by atoms with Gasteiger partial charge in [0.1, 0.15) is 0 Å². The molecule has 0 bridgehead atoms. The van der Waals surface area contributed by atoms with Crippen LogP contribution in [0.15, 0.2) is 35.7 Å². The van der Waals surface area contributed by atoms with Crippen LogP contribution in [-0.4, -0.2) is 86.5 Å². The van der Waals surface area contributed by atoms with Gasteiger partial charge in [-0.15, -0.1) is 0 Å². The molecule has 3 rings (SSSR count). The highest BCUT2D eigenvalue weighted by Crippen LogP contribution is 2.14. The molecule has 1 amide bonds. The van der Waals surface area contributed by atoms with Gasteiger partial charge in [-0.2, -0.15) is 4.31 Å². The summed E-state index contributed by atoms with van der Waals surface area (Å²) < 4.78 is 32.2. The predicted molar refractivity (Wildman–Crippen MR) is 109 cm³/mol. The number of benzene rings is 1. The fourth-order valence-corrected chi connectivity index (χ4v) is 4.89. The van der Waals surface area contributed by atoms with Gasteiger partial charge in [0.05, 0.1) is 18.8 Å². The van der Waals surface area contributed by atoms with E-state index in [0.717, 1.165) is 18.7 Å². The minimum atomic E-state index is -3.48. The highest BCUT2D eigenvalue weighted by Gasteiger charge is 2.29. The molecule has 8 heteroatoms. The molecule has 0 radical (unpaired) electrons. The number of nitrogens with zero attached hydrogens (tertiary/aromatic N) is 3. The molecule has 0 saturated carbocycles. The van der Waals surface area contributed by atoms with Gasteiger partial charge in [-0.3, -0.25) is 9.69 Å². The first-order valence-electron chi connectivity index (χ1n) is 9.72. The maximum Gasteiger partial charge on any atom is 0.236 e. The molecule has 0 aliphatic carbocycles. The molecule has 28 heavy (non-hydrogen) atoms. The monoisotopic (exact) mass is 407 g/mol. The summed E-state index contributed by atoms with van der Waals surface area (Å²) >= 11 is 0. The van der Waals surface area contributed by atoms with Crippen molar-refractivity contribution < 1.29 is 17.9 Å². The summed E-state index contributed by atoms with van der Waals surface area (Å²) in [4.78, 5) is 16.5. The maximum absolute atomic E-state index is 12.6. The molecule has 2 atom stereocenters. The number of morpholine rings is 1. The van der Waals surface area contributed by atoms with E-state index in [1.54, 1.807) is 11.0 Å². The lowest BCUT2D eigenvalue weighted by Crippen LogP contribution is -2.54. The summed E-state index contributed by atoms with van der Waals surface area (Å²) in [5.41, 5.74) is 0.842. The smallest absolute Gasteiger partial charge is 0.236 e. The summed E-state index contributed by atoms with van der Waals surface area (Å²) in [6, 6.07) is 9.34. The Balaban J connectivity index is 1.50. The zero-order valence-electron chi connectivity index (χ0n) is 16.5. The van der Waals surface area contributed by atoms with Gasteiger partial charge in [-0.25, -0.2) is 8.42 Å². The predicted octanol–water partition coefficient (Wildman–Crippen LogP) is 1.24. The van der Waals surface area contributed by atoms with Crippen LogP contribution in [0, 0.1) is 0 Å². The van der Waals surface area contributed by atoms with Crippen LogP contribution in [0.2, 0.25) is 0 Å². The first-order chi connectivity index (χ1) is 13.3. The van der Waals surface area contributed by atoms with Crippen LogP contribution in [-0.2, 0) is 19.6 Å². The average Bonchev–Trinajstić information content (AvgIpc) is 2.66. The van der Waals surface area contributed by atoms with E-state index >= 15 is 0 Å². The Morgan fingerprint density at radius 1 is 1.07 bits per heavy atom. The topological polar surface area (TPSA) is 70.2 Å². The number of hydrogen-bond acceptors (Lipinski definition) is 5. The molecule has 0 spiro atoms. The average molecular weight is 408 g/mol. The molecule has 2 saturated heterocycles. The fourth-order valence-electron chi connectivity index (χ4n) is 3.71. The molecular formula is C20H29N3O4S. The second-order valence-corrected chi connectivity index (χ2v) is 9.31. The van der Waals surface area contributed by atoms with E-state index in [4.69, 9.17) is 4.74 Å². The minimum absolute atomic E-state index is 0.0539. The lowest BCUT2D eigenvalue weighted by atomic mass is 10.2. The molecule has 2 aliphatic rings. The van der Waals surface area contributed by atoms with Crippen molar-refractivity contribution in [2.75, 3.05) is 45.8 Å². The van der Waals surface area contributed by atoms with Gasteiger partial charge in [0.15, 0.2) is 0 Å². The minimum Gasteiger partial charge on any atom is -0.373 e. The molecule has 0 aromatic heterocycles. The molecule has 7 nitrogen and oxygen atoms in total.